The molecule has 0 saturated heterocycles. The van der Waals surface area contributed by atoms with Gasteiger partial charge in [0, 0.05) is 26.3 Å². The highest BCUT2D eigenvalue weighted by atomic mass is 16.2. The number of nitrogens with two attached hydrogens (primary N) is 1. The summed E-state index contributed by atoms with van der Waals surface area (Å²) in [7, 11) is 1.58. The highest BCUT2D eigenvalue weighted by Gasteiger charge is 2.18. The highest BCUT2D eigenvalue weighted by Crippen LogP contribution is 2.24. The van der Waals surface area contributed by atoms with Crippen molar-refractivity contribution in [2.24, 2.45) is 12.8 Å². The van der Waals surface area contributed by atoms with Gasteiger partial charge in [-0.2, -0.15) is 4.98 Å². The van der Waals surface area contributed by atoms with Crippen LogP contribution in [0.5, 0.6) is 0 Å². The molecular weight excluding hydrogens is 308 g/mol. The monoisotopic (exact) mass is 324 g/mol. The van der Waals surface area contributed by atoms with Gasteiger partial charge in [0.2, 0.25) is 5.78 Å². The minimum absolute atomic E-state index is 0.347. The van der Waals surface area contributed by atoms with Crippen LogP contribution in [-0.2, 0) is 13.6 Å². The van der Waals surface area contributed by atoms with E-state index < -0.39 is 11.2 Å². The van der Waals surface area contributed by atoms with E-state index in [1.807, 2.05) is 41.1 Å². The van der Waals surface area contributed by atoms with Crippen LogP contribution in [0, 0.1) is 0 Å². The van der Waals surface area contributed by atoms with Gasteiger partial charge in [-0.3, -0.25) is 18.7 Å². The minimum Gasteiger partial charge on any atom is -0.329 e. The molecule has 0 fully saturated rings. The van der Waals surface area contributed by atoms with Crippen LogP contribution < -0.4 is 17.0 Å². The van der Waals surface area contributed by atoms with Crippen LogP contribution in [0.4, 0.5) is 0 Å². The molecule has 1 aromatic carbocycles. The van der Waals surface area contributed by atoms with Gasteiger partial charge in [-0.25, -0.2) is 4.79 Å². The van der Waals surface area contributed by atoms with Crippen molar-refractivity contribution in [2.45, 2.75) is 6.54 Å². The molecule has 8 heteroatoms. The van der Waals surface area contributed by atoms with Gasteiger partial charge < -0.3 is 10.3 Å². The molecule has 0 bridgehead atoms. The molecule has 122 valence electrons. The van der Waals surface area contributed by atoms with E-state index >= 15 is 0 Å². The van der Waals surface area contributed by atoms with Crippen molar-refractivity contribution >= 4 is 16.9 Å². The van der Waals surface area contributed by atoms with Gasteiger partial charge in [-0.1, -0.05) is 30.3 Å². The average molecular weight is 324 g/mol. The summed E-state index contributed by atoms with van der Waals surface area (Å²) in [5, 5.41) is 0. The SMILES string of the molecule is Cn1c(=O)[nH]c(=O)c2c1nc1n(CCN)c(-c3ccccc3)cn21. The normalized spacial score (nSPS) is 11.6. The first kappa shape index (κ1) is 14.5. The molecule has 3 heterocycles. The standard InChI is InChI=1S/C16H16N6O2/c1-20-13-12(14(23)19-16(20)24)22-9-11(10-5-3-2-4-6-10)21(8-7-17)15(22)18-13/h2-6,9H,7-8,17H2,1H3,(H,19,23,24). The molecule has 3 N–H and O–H groups in total. The second-order valence-corrected chi connectivity index (χ2v) is 5.59. The second-order valence-electron chi connectivity index (χ2n) is 5.59. The summed E-state index contributed by atoms with van der Waals surface area (Å²) in [6, 6.07) is 9.83. The Morgan fingerprint density at radius 3 is 2.67 bits per heavy atom. The Morgan fingerprint density at radius 1 is 1.21 bits per heavy atom. The Bertz CT molecular complexity index is 1160. The quantitative estimate of drug-likeness (QED) is 0.566. The van der Waals surface area contributed by atoms with Crippen molar-refractivity contribution in [3.05, 3.63) is 57.4 Å². The lowest BCUT2D eigenvalue weighted by Gasteiger charge is -2.07. The predicted octanol–water partition coefficient (Wildman–Crippen LogP) is 0.302. The number of nitrogens with zero attached hydrogens (tertiary/aromatic N) is 4. The number of hydrogen-bond acceptors (Lipinski definition) is 4. The lowest BCUT2D eigenvalue weighted by Crippen LogP contribution is -2.28. The fourth-order valence-electron chi connectivity index (χ4n) is 2.99. The maximum atomic E-state index is 12.3. The Kier molecular flexibility index (Phi) is 3.14. The third kappa shape index (κ3) is 1.93. The molecule has 0 spiro atoms. The predicted molar refractivity (Wildman–Crippen MR) is 91.0 cm³/mol. The van der Waals surface area contributed by atoms with E-state index in [0.29, 0.717) is 30.0 Å². The summed E-state index contributed by atoms with van der Waals surface area (Å²) >= 11 is 0. The summed E-state index contributed by atoms with van der Waals surface area (Å²) < 4.78 is 5.00. The Morgan fingerprint density at radius 2 is 1.96 bits per heavy atom. The first-order valence-corrected chi connectivity index (χ1v) is 7.58. The van der Waals surface area contributed by atoms with Crippen molar-refractivity contribution in [1.29, 1.82) is 0 Å². The Hall–Kier alpha value is -3.13. The topological polar surface area (TPSA) is 103 Å². The van der Waals surface area contributed by atoms with Gasteiger partial charge in [-0.05, 0) is 5.56 Å². The van der Waals surface area contributed by atoms with E-state index in [9.17, 15) is 9.59 Å². The highest BCUT2D eigenvalue weighted by molar-refractivity contribution is 5.77. The largest absolute Gasteiger partial charge is 0.329 e. The first-order chi connectivity index (χ1) is 11.6. The Labute approximate surface area is 135 Å². The van der Waals surface area contributed by atoms with Crippen LogP contribution >= 0.6 is 0 Å². The van der Waals surface area contributed by atoms with Gasteiger partial charge in [0.1, 0.15) is 0 Å². The van der Waals surface area contributed by atoms with E-state index in [1.54, 1.807) is 11.4 Å². The molecular formula is C16H16N6O2. The number of H-pyrrole nitrogens is 1. The lowest BCUT2D eigenvalue weighted by molar-refractivity contribution is 0.730. The third-order valence-corrected chi connectivity index (χ3v) is 4.14. The smallest absolute Gasteiger partial charge is 0.329 e. The fraction of sp³-hybridized carbons (Fsp3) is 0.188. The minimum atomic E-state index is -0.484. The molecule has 4 rings (SSSR count). The number of nitrogens with one attached hydrogen (secondary N) is 1. The lowest BCUT2D eigenvalue weighted by atomic mass is 10.2. The van der Waals surface area contributed by atoms with Gasteiger partial charge in [-0.15, -0.1) is 0 Å². The van der Waals surface area contributed by atoms with Gasteiger partial charge >= 0.3 is 5.69 Å². The molecule has 0 saturated carbocycles. The van der Waals surface area contributed by atoms with Crippen LogP contribution in [0.2, 0.25) is 0 Å². The van der Waals surface area contributed by atoms with E-state index in [2.05, 4.69) is 9.97 Å². The molecule has 8 nitrogen and oxygen atoms in total. The van der Waals surface area contributed by atoms with Gasteiger partial charge in [0.25, 0.3) is 5.56 Å². The molecule has 0 aliphatic carbocycles. The molecule has 24 heavy (non-hydrogen) atoms. The zero-order valence-corrected chi connectivity index (χ0v) is 13.1. The van der Waals surface area contributed by atoms with Crippen molar-refractivity contribution in [1.82, 2.24) is 23.5 Å². The number of rotatable bonds is 3. The van der Waals surface area contributed by atoms with Gasteiger partial charge in [0.15, 0.2) is 11.2 Å². The fourth-order valence-corrected chi connectivity index (χ4v) is 2.99. The number of aromatic amines is 1. The maximum Gasteiger partial charge on any atom is 0.329 e. The van der Waals surface area contributed by atoms with E-state index in [0.717, 1.165) is 11.3 Å². The molecule has 0 amide bonds. The molecule has 0 aliphatic heterocycles. The van der Waals surface area contributed by atoms with Crippen molar-refractivity contribution in [3.63, 3.8) is 0 Å². The van der Waals surface area contributed by atoms with Crippen LogP contribution in [-0.4, -0.2) is 30.0 Å². The van der Waals surface area contributed by atoms with Crippen LogP contribution in [0.25, 0.3) is 28.2 Å². The number of benzene rings is 1. The van der Waals surface area contributed by atoms with E-state index in [1.165, 1.54) is 4.57 Å². The molecule has 4 aromatic rings. The van der Waals surface area contributed by atoms with Crippen LogP contribution in [0.15, 0.2) is 46.1 Å². The first-order valence-electron chi connectivity index (χ1n) is 7.58. The van der Waals surface area contributed by atoms with Crippen LogP contribution in [0.3, 0.4) is 0 Å². The number of aryl methyl sites for hydroxylation is 1. The van der Waals surface area contributed by atoms with Gasteiger partial charge in [0.05, 0.1) is 5.69 Å². The summed E-state index contributed by atoms with van der Waals surface area (Å²) in [6.45, 7) is 0.985. The number of hydrogen-bond donors (Lipinski definition) is 2. The van der Waals surface area contributed by atoms with Crippen molar-refractivity contribution in [2.75, 3.05) is 6.54 Å². The Balaban J connectivity index is 2.14. The summed E-state index contributed by atoms with van der Waals surface area (Å²) in [6.07, 6.45) is 1.86. The molecule has 3 aromatic heterocycles. The van der Waals surface area contributed by atoms with Crippen LogP contribution in [0.1, 0.15) is 0 Å². The molecule has 0 atom stereocenters. The van der Waals surface area contributed by atoms with Crippen molar-refractivity contribution < 1.29 is 0 Å². The zero-order valence-electron chi connectivity index (χ0n) is 13.1. The number of aromatic nitrogens is 5. The summed E-state index contributed by atoms with van der Waals surface area (Å²) in [5.74, 6) is 0.584. The second kappa shape index (κ2) is 5.20. The summed E-state index contributed by atoms with van der Waals surface area (Å²) in [4.78, 5) is 30.9. The summed E-state index contributed by atoms with van der Waals surface area (Å²) in [5.41, 5.74) is 7.44. The number of imidazole rings is 2. The average Bonchev–Trinajstić information content (AvgIpc) is 3.11. The van der Waals surface area contributed by atoms with Crippen molar-refractivity contribution in [3.8, 4) is 11.3 Å². The molecule has 0 unspecified atom stereocenters. The maximum absolute atomic E-state index is 12.3. The zero-order chi connectivity index (χ0) is 16.8. The van der Waals surface area contributed by atoms with E-state index in [4.69, 9.17) is 5.73 Å². The number of fused-ring (bicyclic) bond motifs is 3. The molecule has 0 radical (unpaired) electrons. The van der Waals surface area contributed by atoms with E-state index in [-0.39, 0.29) is 0 Å². The third-order valence-electron chi connectivity index (χ3n) is 4.14. The molecule has 0 aliphatic rings.